The third kappa shape index (κ3) is 0.808. The van der Waals surface area contributed by atoms with Crippen LogP contribution in [0, 0.1) is 13.8 Å². The molecular weight excluding hydrogens is 138 g/mol. The first-order chi connectivity index (χ1) is 5.29. The van der Waals surface area contributed by atoms with Crippen molar-refractivity contribution >= 4 is 11.0 Å². The summed E-state index contributed by atoms with van der Waals surface area (Å²) in [6.45, 7) is 3.99. The molecule has 0 atom stereocenters. The summed E-state index contributed by atoms with van der Waals surface area (Å²) in [7, 11) is 0. The molecule has 56 valence electrons. The van der Waals surface area contributed by atoms with Crippen molar-refractivity contribution in [3.63, 3.8) is 0 Å². The first-order valence-electron chi connectivity index (χ1n) is 3.55. The van der Waals surface area contributed by atoms with Crippen molar-refractivity contribution < 1.29 is 0 Å². The normalized spacial score (nSPS) is 10.7. The quantitative estimate of drug-likeness (QED) is 0.614. The van der Waals surface area contributed by atoms with Gasteiger partial charge in [-0.25, -0.2) is 0 Å². The topological polar surface area (TPSA) is 41.6 Å². The molecule has 0 aliphatic heterocycles. The number of rotatable bonds is 0. The predicted molar refractivity (Wildman–Crippen MR) is 43.4 cm³/mol. The van der Waals surface area contributed by atoms with Crippen molar-refractivity contribution in [2.24, 2.45) is 0 Å². The van der Waals surface area contributed by atoms with Gasteiger partial charge in [0.15, 0.2) is 0 Å². The molecule has 0 saturated carbocycles. The number of hydrogen-bond acceptors (Lipinski definition) is 2. The summed E-state index contributed by atoms with van der Waals surface area (Å²) in [5.41, 5.74) is 4.18. The molecule has 0 aliphatic carbocycles. The minimum Gasteiger partial charge on any atom is -0.276 e. The molecule has 0 aromatic carbocycles. The average Bonchev–Trinajstić information content (AvgIpc) is 2.35. The van der Waals surface area contributed by atoms with Gasteiger partial charge in [0.25, 0.3) is 0 Å². The second kappa shape index (κ2) is 2.05. The second-order valence-electron chi connectivity index (χ2n) is 2.66. The third-order valence-electron chi connectivity index (χ3n) is 1.84. The molecule has 2 aromatic heterocycles. The highest BCUT2D eigenvalue weighted by Crippen LogP contribution is 2.14. The van der Waals surface area contributed by atoms with Crippen LogP contribution in [0.4, 0.5) is 0 Å². The Bertz CT molecular complexity index is 389. The zero-order valence-corrected chi connectivity index (χ0v) is 6.55. The smallest absolute Gasteiger partial charge is 0.111 e. The average molecular weight is 147 g/mol. The fourth-order valence-corrected chi connectivity index (χ4v) is 1.17. The van der Waals surface area contributed by atoms with Crippen LogP contribution in [0.2, 0.25) is 0 Å². The molecular formula is C8H9N3. The van der Waals surface area contributed by atoms with Gasteiger partial charge < -0.3 is 0 Å². The van der Waals surface area contributed by atoms with E-state index in [4.69, 9.17) is 0 Å². The van der Waals surface area contributed by atoms with E-state index in [-0.39, 0.29) is 0 Å². The Hall–Kier alpha value is -1.38. The maximum Gasteiger partial charge on any atom is 0.111 e. The first-order valence-corrected chi connectivity index (χ1v) is 3.55. The number of hydrogen-bond donors (Lipinski definition) is 1. The molecule has 0 saturated heterocycles. The van der Waals surface area contributed by atoms with Crippen molar-refractivity contribution in [3.05, 3.63) is 23.5 Å². The number of aryl methyl sites for hydroxylation is 2. The molecule has 0 unspecified atom stereocenters. The van der Waals surface area contributed by atoms with Crippen LogP contribution in [0.5, 0.6) is 0 Å². The Morgan fingerprint density at radius 3 is 2.91 bits per heavy atom. The summed E-state index contributed by atoms with van der Waals surface area (Å²) in [5.74, 6) is 0. The zero-order valence-electron chi connectivity index (χ0n) is 6.55. The van der Waals surface area contributed by atoms with E-state index in [9.17, 15) is 0 Å². The van der Waals surface area contributed by atoms with Crippen molar-refractivity contribution in [1.29, 1.82) is 0 Å². The number of H-pyrrole nitrogens is 1. The summed E-state index contributed by atoms with van der Waals surface area (Å²) in [5, 5.41) is 7.01. The molecule has 0 aliphatic rings. The van der Waals surface area contributed by atoms with Crippen LogP contribution in [0.3, 0.4) is 0 Å². The van der Waals surface area contributed by atoms with Crippen LogP contribution in [0.1, 0.15) is 11.3 Å². The second-order valence-corrected chi connectivity index (χ2v) is 2.66. The van der Waals surface area contributed by atoms with Crippen LogP contribution < -0.4 is 0 Å². The van der Waals surface area contributed by atoms with E-state index in [1.807, 2.05) is 19.9 Å². The van der Waals surface area contributed by atoms with Crippen molar-refractivity contribution in [2.75, 3.05) is 0 Å². The van der Waals surface area contributed by atoms with Gasteiger partial charge in [0.1, 0.15) is 5.52 Å². The van der Waals surface area contributed by atoms with Crippen molar-refractivity contribution in [3.8, 4) is 0 Å². The van der Waals surface area contributed by atoms with Gasteiger partial charge in [-0.05, 0) is 25.5 Å². The Kier molecular flexibility index (Phi) is 1.18. The van der Waals surface area contributed by atoms with Crippen LogP contribution in [-0.4, -0.2) is 15.2 Å². The standard InChI is InChI=1S/C8H9N3/c1-5-3-4-9-8-6(2)10-11-7(5)8/h3-4H,1-2H3,(H,10,11). The predicted octanol–water partition coefficient (Wildman–Crippen LogP) is 1.57. The number of nitrogens with one attached hydrogen (secondary N) is 1. The molecule has 0 radical (unpaired) electrons. The highest BCUT2D eigenvalue weighted by Gasteiger charge is 2.02. The van der Waals surface area contributed by atoms with Gasteiger partial charge >= 0.3 is 0 Å². The lowest BCUT2D eigenvalue weighted by Crippen LogP contribution is -1.79. The molecule has 0 fully saturated rings. The SMILES string of the molecule is Cc1n[nH]c2c(C)ccnc12. The van der Waals surface area contributed by atoms with Gasteiger partial charge in [-0.2, -0.15) is 5.10 Å². The van der Waals surface area contributed by atoms with Gasteiger partial charge in [-0.15, -0.1) is 0 Å². The van der Waals surface area contributed by atoms with Crippen LogP contribution in [0.25, 0.3) is 11.0 Å². The fraction of sp³-hybridized carbons (Fsp3) is 0.250. The van der Waals surface area contributed by atoms with Crippen molar-refractivity contribution in [1.82, 2.24) is 15.2 Å². The highest BCUT2D eigenvalue weighted by molar-refractivity contribution is 5.79. The van der Waals surface area contributed by atoms with Gasteiger partial charge in [0.05, 0.1) is 11.2 Å². The summed E-state index contributed by atoms with van der Waals surface area (Å²) in [4.78, 5) is 4.21. The highest BCUT2D eigenvalue weighted by atomic mass is 15.1. The van der Waals surface area contributed by atoms with Crippen LogP contribution >= 0.6 is 0 Å². The zero-order chi connectivity index (χ0) is 7.84. The monoisotopic (exact) mass is 147 g/mol. The van der Waals surface area contributed by atoms with Gasteiger partial charge in [-0.3, -0.25) is 10.1 Å². The number of nitrogens with zero attached hydrogens (tertiary/aromatic N) is 2. The Balaban J connectivity index is 2.94. The largest absolute Gasteiger partial charge is 0.276 e. The number of aromatic nitrogens is 3. The number of fused-ring (bicyclic) bond motifs is 1. The molecule has 3 nitrogen and oxygen atoms in total. The van der Waals surface area contributed by atoms with Crippen LogP contribution in [-0.2, 0) is 0 Å². The molecule has 0 spiro atoms. The van der Waals surface area contributed by atoms with E-state index in [1.165, 1.54) is 5.56 Å². The maximum atomic E-state index is 4.21. The molecule has 11 heavy (non-hydrogen) atoms. The summed E-state index contributed by atoms with van der Waals surface area (Å²) >= 11 is 0. The molecule has 0 amide bonds. The summed E-state index contributed by atoms with van der Waals surface area (Å²) in [6, 6.07) is 1.97. The molecule has 1 N–H and O–H groups in total. The lowest BCUT2D eigenvalue weighted by molar-refractivity contribution is 1.06. The molecule has 2 rings (SSSR count). The summed E-state index contributed by atoms with van der Waals surface area (Å²) in [6.07, 6.45) is 1.81. The third-order valence-corrected chi connectivity index (χ3v) is 1.84. The number of pyridine rings is 1. The summed E-state index contributed by atoms with van der Waals surface area (Å²) < 4.78 is 0. The fourth-order valence-electron chi connectivity index (χ4n) is 1.17. The van der Waals surface area contributed by atoms with E-state index in [0.29, 0.717) is 0 Å². The minimum atomic E-state index is 0.962. The Morgan fingerprint density at radius 1 is 1.36 bits per heavy atom. The Labute approximate surface area is 64.5 Å². The molecule has 0 bridgehead atoms. The maximum absolute atomic E-state index is 4.21. The molecule has 3 heteroatoms. The van der Waals surface area contributed by atoms with E-state index in [2.05, 4.69) is 15.2 Å². The van der Waals surface area contributed by atoms with E-state index < -0.39 is 0 Å². The van der Waals surface area contributed by atoms with Crippen LogP contribution in [0.15, 0.2) is 12.3 Å². The van der Waals surface area contributed by atoms with E-state index in [1.54, 1.807) is 6.20 Å². The van der Waals surface area contributed by atoms with E-state index >= 15 is 0 Å². The number of aromatic amines is 1. The van der Waals surface area contributed by atoms with Gasteiger partial charge in [-0.1, -0.05) is 0 Å². The molecule has 2 aromatic rings. The van der Waals surface area contributed by atoms with Gasteiger partial charge in [0.2, 0.25) is 0 Å². The Morgan fingerprint density at radius 2 is 2.18 bits per heavy atom. The minimum absolute atomic E-state index is 0.962. The lowest BCUT2D eigenvalue weighted by Gasteiger charge is -1.91. The van der Waals surface area contributed by atoms with Crippen molar-refractivity contribution in [2.45, 2.75) is 13.8 Å². The first kappa shape index (κ1) is 6.34. The lowest BCUT2D eigenvalue weighted by atomic mass is 10.2. The molecule has 2 heterocycles. The van der Waals surface area contributed by atoms with E-state index in [0.717, 1.165) is 16.7 Å². The van der Waals surface area contributed by atoms with Gasteiger partial charge in [0, 0.05) is 6.20 Å².